The molecule has 2 nitrogen and oxygen atoms in total. The molecule has 1 aliphatic heterocycles. The van der Waals surface area contributed by atoms with Gasteiger partial charge in [-0.25, -0.2) is 0 Å². The van der Waals surface area contributed by atoms with Crippen molar-refractivity contribution in [3.05, 3.63) is 34.3 Å². The lowest BCUT2D eigenvalue weighted by Gasteiger charge is -2.27. The number of benzene rings is 1. The van der Waals surface area contributed by atoms with Crippen LogP contribution in [0.15, 0.2) is 18.2 Å². The van der Waals surface area contributed by atoms with E-state index in [0.717, 1.165) is 30.1 Å². The second-order valence-corrected chi connectivity index (χ2v) is 5.35. The van der Waals surface area contributed by atoms with Crippen molar-refractivity contribution < 1.29 is 0 Å². The summed E-state index contributed by atoms with van der Waals surface area (Å²) < 4.78 is 0. The zero-order valence-electron chi connectivity index (χ0n) is 10.6. The molecule has 0 amide bonds. The van der Waals surface area contributed by atoms with Crippen molar-refractivity contribution in [3.63, 3.8) is 0 Å². The first-order valence-corrected chi connectivity index (χ1v) is 6.77. The molecule has 0 bridgehead atoms. The molecule has 0 aromatic heterocycles. The molecule has 94 valence electrons. The van der Waals surface area contributed by atoms with Gasteiger partial charge in [0.2, 0.25) is 0 Å². The summed E-state index contributed by atoms with van der Waals surface area (Å²) in [6.07, 6.45) is 2.25. The van der Waals surface area contributed by atoms with E-state index in [1.165, 1.54) is 12.0 Å². The highest BCUT2D eigenvalue weighted by Crippen LogP contribution is 2.33. The molecule has 2 atom stereocenters. The molecule has 0 radical (unpaired) electrons. The van der Waals surface area contributed by atoms with Gasteiger partial charge in [0, 0.05) is 23.7 Å². The minimum atomic E-state index is 0.236. The van der Waals surface area contributed by atoms with Crippen molar-refractivity contribution in [2.75, 3.05) is 13.1 Å². The zero-order valence-corrected chi connectivity index (χ0v) is 11.4. The van der Waals surface area contributed by atoms with Gasteiger partial charge in [-0.15, -0.1) is 0 Å². The van der Waals surface area contributed by atoms with Crippen molar-refractivity contribution in [1.82, 2.24) is 4.90 Å². The first-order chi connectivity index (χ1) is 8.13. The summed E-state index contributed by atoms with van der Waals surface area (Å²) in [5, 5.41) is 0.845. The number of hydrogen-bond donors (Lipinski definition) is 1. The summed E-state index contributed by atoms with van der Waals surface area (Å²) >= 11 is 6.21. The maximum absolute atomic E-state index is 6.24. The minimum absolute atomic E-state index is 0.236. The van der Waals surface area contributed by atoms with Crippen LogP contribution in [0, 0.1) is 6.92 Å². The summed E-state index contributed by atoms with van der Waals surface area (Å²) in [5.74, 6) is 0. The molecular weight excluding hydrogens is 232 g/mol. The fourth-order valence-electron chi connectivity index (χ4n) is 2.67. The third-order valence-electron chi connectivity index (χ3n) is 3.60. The van der Waals surface area contributed by atoms with Crippen molar-refractivity contribution in [2.45, 2.75) is 38.8 Å². The average molecular weight is 253 g/mol. The Morgan fingerprint density at radius 1 is 1.47 bits per heavy atom. The van der Waals surface area contributed by atoms with Gasteiger partial charge < -0.3 is 5.73 Å². The molecule has 0 aliphatic carbocycles. The smallest absolute Gasteiger partial charge is 0.0500 e. The van der Waals surface area contributed by atoms with Crippen LogP contribution in [0.2, 0.25) is 5.02 Å². The minimum Gasteiger partial charge on any atom is -0.326 e. The molecule has 0 saturated carbocycles. The quantitative estimate of drug-likeness (QED) is 0.896. The number of rotatable bonds is 3. The lowest BCUT2D eigenvalue weighted by Crippen LogP contribution is -2.32. The molecule has 1 aromatic carbocycles. The fraction of sp³-hybridized carbons (Fsp3) is 0.571. The van der Waals surface area contributed by atoms with Crippen LogP contribution in [0.1, 0.15) is 36.9 Å². The Kier molecular flexibility index (Phi) is 4.08. The average Bonchev–Trinajstić information content (AvgIpc) is 2.65. The highest BCUT2D eigenvalue weighted by atomic mass is 35.5. The molecule has 2 unspecified atom stereocenters. The van der Waals surface area contributed by atoms with Gasteiger partial charge in [0.05, 0.1) is 0 Å². The number of likely N-dealkylation sites (tertiary alicyclic amines) is 1. The molecule has 1 aromatic rings. The molecule has 1 saturated heterocycles. The predicted molar refractivity (Wildman–Crippen MR) is 73.4 cm³/mol. The molecule has 1 aliphatic rings. The maximum Gasteiger partial charge on any atom is 0.0500 e. The van der Waals surface area contributed by atoms with Crippen molar-refractivity contribution in [1.29, 1.82) is 0 Å². The van der Waals surface area contributed by atoms with Gasteiger partial charge in [0.25, 0.3) is 0 Å². The Labute approximate surface area is 109 Å². The van der Waals surface area contributed by atoms with E-state index in [-0.39, 0.29) is 6.04 Å². The molecular formula is C14H21ClN2. The SMILES string of the molecule is CCCN1CCC(N)C1c1ccc(C)c(Cl)c1. The van der Waals surface area contributed by atoms with Crippen LogP contribution < -0.4 is 5.73 Å². The van der Waals surface area contributed by atoms with Gasteiger partial charge in [-0.1, -0.05) is 30.7 Å². The van der Waals surface area contributed by atoms with E-state index < -0.39 is 0 Å². The van der Waals surface area contributed by atoms with E-state index in [2.05, 4.69) is 30.0 Å². The Morgan fingerprint density at radius 2 is 2.24 bits per heavy atom. The van der Waals surface area contributed by atoms with E-state index in [0.29, 0.717) is 6.04 Å². The van der Waals surface area contributed by atoms with Gasteiger partial charge in [-0.2, -0.15) is 0 Å². The Bertz CT molecular complexity index is 390. The zero-order chi connectivity index (χ0) is 12.4. The van der Waals surface area contributed by atoms with Crippen molar-refractivity contribution in [2.24, 2.45) is 5.73 Å². The number of aryl methyl sites for hydroxylation is 1. The second-order valence-electron chi connectivity index (χ2n) is 4.94. The standard InChI is InChI=1S/C14H21ClN2/c1-3-7-17-8-6-13(16)14(17)11-5-4-10(2)12(15)9-11/h4-5,9,13-14H,3,6-8,16H2,1-2H3. The summed E-state index contributed by atoms with van der Waals surface area (Å²) in [4.78, 5) is 2.48. The largest absolute Gasteiger partial charge is 0.326 e. The molecule has 2 rings (SSSR count). The van der Waals surface area contributed by atoms with E-state index in [4.69, 9.17) is 17.3 Å². The van der Waals surface area contributed by atoms with Crippen LogP contribution in [-0.2, 0) is 0 Å². The number of hydrogen-bond acceptors (Lipinski definition) is 2. The molecule has 0 spiro atoms. The van der Waals surface area contributed by atoms with Crippen LogP contribution in [-0.4, -0.2) is 24.0 Å². The molecule has 1 fully saturated rings. The summed E-state index contributed by atoms with van der Waals surface area (Å²) in [5.41, 5.74) is 8.63. The molecule has 1 heterocycles. The Balaban J connectivity index is 2.26. The Hall–Kier alpha value is -0.570. The van der Waals surface area contributed by atoms with Crippen LogP contribution >= 0.6 is 11.6 Å². The molecule has 2 N–H and O–H groups in total. The van der Waals surface area contributed by atoms with Gasteiger partial charge in [0.1, 0.15) is 0 Å². The number of nitrogens with zero attached hydrogens (tertiary/aromatic N) is 1. The predicted octanol–water partition coefficient (Wildman–Crippen LogP) is 3.13. The van der Waals surface area contributed by atoms with Crippen LogP contribution in [0.4, 0.5) is 0 Å². The lowest BCUT2D eigenvalue weighted by molar-refractivity contribution is 0.248. The van der Waals surface area contributed by atoms with E-state index in [1.54, 1.807) is 0 Å². The fourth-order valence-corrected chi connectivity index (χ4v) is 2.86. The van der Waals surface area contributed by atoms with E-state index in [1.807, 2.05) is 6.92 Å². The summed E-state index contributed by atoms with van der Waals surface area (Å²) in [7, 11) is 0. The normalized spacial score (nSPS) is 25.4. The van der Waals surface area contributed by atoms with Crippen molar-refractivity contribution in [3.8, 4) is 0 Å². The van der Waals surface area contributed by atoms with E-state index >= 15 is 0 Å². The summed E-state index contributed by atoms with van der Waals surface area (Å²) in [6.45, 7) is 6.46. The van der Waals surface area contributed by atoms with Gasteiger partial charge in [-0.05, 0) is 43.5 Å². The van der Waals surface area contributed by atoms with Gasteiger partial charge >= 0.3 is 0 Å². The van der Waals surface area contributed by atoms with Crippen LogP contribution in [0.25, 0.3) is 0 Å². The highest BCUT2D eigenvalue weighted by molar-refractivity contribution is 6.31. The lowest BCUT2D eigenvalue weighted by atomic mass is 9.99. The highest BCUT2D eigenvalue weighted by Gasteiger charge is 2.32. The monoisotopic (exact) mass is 252 g/mol. The topological polar surface area (TPSA) is 29.3 Å². The first kappa shape index (κ1) is 12.9. The maximum atomic E-state index is 6.24. The van der Waals surface area contributed by atoms with Gasteiger partial charge in [0.15, 0.2) is 0 Å². The number of nitrogens with two attached hydrogens (primary N) is 1. The number of halogens is 1. The second kappa shape index (κ2) is 5.38. The Morgan fingerprint density at radius 3 is 2.88 bits per heavy atom. The van der Waals surface area contributed by atoms with Crippen molar-refractivity contribution >= 4 is 11.6 Å². The molecule has 17 heavy (non-hydrogen) atoms. The van der Waals surface area contributed by atoms with Crippen LogP contribution in [0.3, 0.4) is 0 Å². The van der Waals surface area contributed by atoms with Crippen LogP contribution in [0.5, 0.6) is 0 Å². The summed E-state index contributed by atoms with van der Waals surface area (Å²) in [6, 6.07) is 6.91. The van der Waals surface area contributed by atoms with E-state index in [9.17, 15) is 0 Å². The van der Waals surface area contributed by atoms with Gasteiger partial charge in [-0.3, -0.25) is 4.90 Å². The third-order valence-corrected chi connectivity index (χ3v) is 4.00. The third kappa shape index (κ3) is 2.65. The first-order valence-electron chi connectivity index (χ1n) is 6.39. The molecule has 3 heteroatoms.